The number of hydrogen-bond donors (Lipinski definition) is 0. The van der Waals surface area contributed by atoms with Gasteiger partial charge in [-0.3, -0.25) is 4.79 Å². The summed E-state index contributed by atoms with van der Waals surface area (Å²) in [5, 5.41) is 0. The molecule has 0 radical (unpaired) electrons. The van der Waals surface area contributed by atoms with Gasteiger partial charge >= 0.3 is 0 Å². The molecule has 4 saturated carbocycles. The predicted octanol–water partition coefficient (Wildman–Crippen LogP) is 5.79. The summed E-state index contributed by atoms with van der Waals surface area (Å²) < 4.78 is 0. The first-order valence-corrected chi connectivity index (χ1v) is 10.1. The van der Waals surface area contributed by atoms with Crippen molar-refractivity contribution in [1.29, 1.82) is 0 Å². The summed E-state index contributed by atoms with van der Waals surface area (Å²) in [5.41, 5.74) is 1.07. The molecule has 7 atom stereocenters. The Labute approximate surface area is 142 Å². The summed E-state index contributed by atoms with van der Waals surface area (Å²) >= 11 is 0. The number of hydrogen-bond acceptors (Lipinski definition) is 1. The summed E-state index contributed by atoms with van der Waals surface area (Å²) in [7, 11) is 0. The van der Waals surface area contributed by atoms with Crippen LogP contribution in [-0.4, -0.2) is 5.78 Å². The molecule has 0 N–H and O–H groups in total. The quantitative estimate of drug-likeness (QED) is 0.589. The van der Waals surface area contributed by atoms with Crippen LogP contribution in [0.25, 0.3) is 0 Å². The third kappa shape index (κ3) is 2.29. The molecule has 23 heavy (non-hydrogen) atoms. The Balaban J connectivity index is 1.62. The molecule has 4 aliphatic carbocycles. The van der Waals surface area contributed by atoms with Crippen molar-refractivity contribution in [3.8, 4) is 0 Å². The number of rotatable bonds is 2. The molecule has 1 heteroatoms. The van der Waals surface area contributed by atoms with Crippen molar-refractivity contribution in [3.05, 3.63) is 12.7 Å². The van der Waals surface area contributed by atoms with Gasteiger partial charge in [-0.2, -0.15) is 0 Å². The van der Waals surface area contributed by atoms with Gasteiger partial charge in [0.15, 0.2) is 0 Å². The molecule has 0 aromatic rings. The lowest BCUT2D eigenvalue weighted by Crippen LogP contribution is -2.54. The highest BCUT2D eigenvalue weighted by atomic mass is 16.1. The van der Waals surface area contributed by atoms with Crippen molar-refractivity contribution < 1.29 is 4.79 Å². The van der Waals surface area contributed by atoms with E-state index in [1.54, 1.807) is 0 Å². The molecule has 0 aromatic carbocycles. The highest BCUT2D eigenvalue weighted by Gasteiger charge is 2.58. The van der Waals surface area contributed by atoms with Crippen LogP contribution >= 0.6 is 0 Å². The first-order valence-electron chi connectivity index (χ1n) is 10.1. The van der Waals surface area contributed by atoms with Crippen LogP contribution in [0.4, 0.5) is 0 Å². The zero-order valence-electron chi connectivity index (χ0n) is 15.2. The number of allylic oxidation sites excluding steroid dienone is 1. The summed E-state index contributed by atoms with van der Waals surface area (Å²) in [6, 6.07) is 0. The van der Waals surface area contributed by atoms with Gasteiger partial charge in [0.25, 0.3) is 0 Å². The normalized spacial score (nSPS) is 52.4. The Kier molecular flexibility index (Phi) is 3.78. The molecule has 0 spiro atoms. The van der Waals surface area contributed by atoms with E-state index in [0.717, 1.165) is 37.0 Å². The summed E-state index contributed by atoms with van der Waals surface area (Å²) in [5.74, 6) is 4.29. The van der Waals surface area contributed by atoms with Gasteiger partial charge in [0, 0.05) is 12.3 Å². The highest BCUT2D eigenvalue weighted by Crippen LogP contribution is 2.66. The van der Waals surface area contributed by atoms with Crippen molar-refractivity contribution in [3.63, 3.8) is 0 Å². The summed E-state index contributed by atoms with van der Waals surface area (Å²) in [6.45, 7) is 9.05. The Bertz CT molecular complexity index is 508. The fourth-order valence-electron chi connectivity index (χ4n) is 7.65. The minimum Gasteiger partial charge on any atom is -0.299 e. The maximum Gasteiger partial charge on any atom is 0.136 e. The van der Waals surface area contributed by atoms with E-state index in [0.29, 0.717) is 22.5 Å². The smallest absolute Gasteiger partial charge is 0.136 e. The Morgan fingerprint density at radius 1 is 1.13 bits per heavy atom. The monoisotopic (exact) mass is 314 g/mol. The van der Waals surface area contributed by atoms with Crippen LogP contribution in [0.15, 0.2) is 12.7 Å². The third-order valence-electron chi connectivity index (χ3n) is 8.89. The lowest BCUT2D eigenvalue weighted by Gasteiger charge is -2.60. The van der Waals surface area contributed by atoms with E-state index in [4.69, 9.17) is 0 Å². The maximum absolute atomic E-state index is 12.5. The molecule has 4 aliphatic rings. The zero-order chi connectivity index (χ0) is 16.2. The minimum atomic E-state index is 0.268. The van der Waals surface area contributed by atoms with E-state index >= 15 is 0 Å². The molecule has 4 fully saturated rings. The Morgan fingerprint density at radius 3 is 2.74 bits per heavy atom. The molecule has 0 amide bonds. The number of ketones is 1. The second-order valence-corrected chi connectivity index (χ2v) is 9.84. The number of carbonyl (C=O) groups excluding carboxylic acids is 1. The van der Waals surface area contributed by atoms with Crippen molar-refractivity contribution in [2.75, 3.05) is 0 Å². The van der Waals surface area contributed by atoms with Gasteiger partial charge in [0.1, 0.15) is 5.78 Å². The average Bonchev–Trinajstić information content (AvgIpc) is 2.91. The van der Waals surface area contributed by atoms with Gasteiger partial charge in [-0.05, 0) is 85.9 Å². The van der Waals surface area contributed by atoms with Gasteiger partial charge < -0.3 is 0 Å². The van der Waals surface area contributed by atoms with E-state index in [1.807, 2.05) is 6.08 Å². The van der Waals surface area contributed by atoms with E-state index in [9.17, 15) is 4.79 Å². The number of Topliss-reactive ketones (excluding diaryl/α,β-unsaturated/α-hetero) is 1. The SMILES string of the molecule is C=CC[C@@H]1C[C@@]2(C)[C@@H](CC[C@H]3[C@@H]4CCC[C@@]4(C)CC[C@@H]32)CC1=O. The lowest BCUT2D eigenvalue weighted by atomic mass is 9.44. The molecule has 4 rings (SSSR count). The molecule has 0 bridgehead atoms. The second-order valence-electron chi connectivity index (χ2n) is 9.84. The molecule has 0 unspecified atom stereocenters. The summed E-state index contributed by atoms with van der Waals surface area (Å²) in [4.78, 5) is 12.5. The lowest BCUT2D eigenvalue weighted by molar-refractivity contribution is -0.145. The topological polar surface area (TPSA) is 17.1 Å². The van der Waals surface area contributed by atoms with Crippen LogP contribution in [0.1, 0.15) is 78.1 Å². The van der Waals surface area contributed by atoms with Crippen molar-refractivity contribution in [1.82, 2.24) is 0 Å². The molecule has 128 valence electrons. The van der Waals surface area contributed by atoms with Gasteiger partial charge in [-0.25, -0.2) is 0 Å². The first-order chi connectivity index (χ1) is 11.0. The fourth-order valence-corrected chi connectivity index (χ4v) is 7.65. The largest absolute Gasteiger partial charge is 0.299 e. The van der Waals surface area contributed by atoms with Gasteiger partial charge in [-0.1, -0.05) is 26.3 Å². The van der Waals surface area contributed by atoms with E-state index in [1.165, 1.54) is 44.9 Å². The molecule has 1 nitrogen and oxygen atoms in total. The van der Waals surface area contributed by atoms with Crippen LogP contribution in [0, 0.1) is 40.4 Å². The van der Waals surface area contributed by atoms with Gasteiger partial charge in [-0.15, -0.1) is 6.58 Å². The molecule has 0 aromatic heterocycles. The predicted molar refractivity (Wildman–Crippen MR) is 95.0 cm³/mol. The van der Waals surface area contributed by atoms with Crippen LogP contribution < -0.4 is 0 Å². The minimum absolute atomic E-state index is 0.268. The Morgan fingerprint density at radius 2 is 1.96 bits per heavy atom. The fraction of sp³-hybridized carbons (Fsp3) is 0.864. The average molecular weight is 315 g/mol. The van der Waals surface area contributed by atoms with Crippen LogP contribution in [0.3, 0.4) is 0 Å². The van der Waals surface area contributed by atoms with Gasteiger partial charge in [0.05, 0.1) is 0 Å². The standard InChI is InChI=1S/C22H34O/c1-4-6-15-14-22(3)16(13-20(15)23)8-9-17-18-7-5-11-21(18,2)12-10-19(17)22/h4,15-19H,1,5-14H2,2-3H3/t15-,16+,17+,18+,19+,21+,22+/m1/s1. The summed E-state index contributed by atoms with van der Waals surface area (Å²) in [6.07, 6.45) is 14.9. The van der Waals surface area contributed by atoms with Crippen LogP contribution in [-0.2, 0) is 4.79 Å². The van der Waals surface area contributed by atoms with Crippen LogP contribution in [0.5, 0.6) is 0 Å². The van der Waals surface area contributed by atoms with Crippen molar-refractivity contribution in [2.24, 2.45) is 40.4 Å². The van der Waals surface area contributed by atoms with Crippen molar-refractivity contribution >= 4 is 5.78 Å². The van der Waals surface area contributed by atoms with E-state index in [-0.39, 0.29) is 5.92 Å². The zero-order valence-corrected chi connectivity index (χ0v) is 15.2. The van der Waals surface area contributed by atoms with E-state index in [2.05, 4.69) is 20.4 Å². The number of fused-ring (bicyclic) bond motifs is 5. The molecule has 0 saturated heterocycles. The second kappa shape index (κ2) is 5.46. The first kappa shape index (κ1) is 15.9. The Hall–Kier alpha value is -0.590. The molecular formula is C22H34O. The third-order valence-corrected chi connectivity index (χ3v) is 8.89. The maximum atomic E-state index is 12.5. The van der Waals surface area contributed by atoms with Gasteiger partial charge in [0.2, 0.25) is 0 Å². The molecule has 0 heterocycles. The van der Waals surface area contributed by atoms with Crippen molar-refractivity contribution in [2.45, 2.75) is 78.1 Å². The van der Waals surface area contributed by atoms with Crippen LogP contribution in [0.2, 0.25) is 0 Å². The molecular weight excluding hydrogens is 280 g/mol. The molecule has 0 aliphatic heterocycles. The number of carbonyl (C=O) groups is 1. The van der Waals surface area contributed by atoms with E-state index < -0.39 is 0 Å². The highest BCUT2D eigenvalue weighted by molar-refractivity contribution is 5.82.